The Morgan fingerprint density at radius 1 is 1.39 bits per heavy atom. The molecular formula is C16H17FN4O2. The number of anilines is 1. The normalized spacial score (nSPS) is 27.5. The summed E-state index contributed by atoms with van der Waals surface area (Å²) in [7, 11) is 0. The molecule has 2 aromatic rings. The maximum Gasteiger partial charge on any atom is 0.296 e. The fraction of sp³-hybridized carbons (Fsp3) is 0.438. The van der Waals surface area contributed by atoms with Crippen LogP contribution in [0.5, 0.6) is 0 Å². The van der Waals surface area contributed by atoms with E-state index in [1.54, 1.807) is 0 Å². The van der Waals surface area contributed by atoms with Gasteiger partial charge in [-0.1, -0.05) is 0 Å². The van der Waals surface area contributed by atoms with Crippen LogP contribution in [0.2, 0.25) is 0 Å². The van der Waals surface area contributed by atoms with Gasteiger partial charge in [-0.2, -0.15) is 0 Å². The van der Waals surface area contributed by atoms with Crippen molar-refractivity contribution >= 4 is 16.5 Å². The summed E-state index contributed by atoms with van der Waals surface area (Å²) >= 11 is 0. The Morgan fingerprint density at radius 2 is 2.22 bits per heavy atom. The van der Waals surface area contributed by atoms with Crippen LogP contribution in [0.25, 0.3) is 10.8 Å². The summed E-state index contributed by atoms with van der Waals surface area (Å²) in [6.07, 6.45) is 2.22. The van der Waals surface area contributed by atoms with Gasteiger partial charge in [0.25, 0.3) is 5.56 Å². The van der Waals surface area contributed by atoms with E-state index in [1.807, 2.05) is 0 Å². The van der Waals surface area contributed by atoms with Crippen molar-refractivity contribution in [1.29, 1.82) is 0 Å². The number of nitrogens with one attached hydrogen (secondary N) is 1. The molecule has 3 aliphatic rings. The molecule has 0 saturated carbocycles. The van der Waals surface area contributed by atoms with Crippen LogP contribution >= 0.6 is 0 Å². The fourth-order valence-corrected chi connectivity index (χ4v) is 4.47. The van der Waals surface area contributed by atoms with Crippen molar-refractivity contribution in [3.05, 3.63) is 39.6 Å². The first-order valence-electron chi connectivity index (χ1n) is 7.62. The van der Waals surface area contributed by atoms with Crippen molar-refractivity contribution in [2.75, 3.05) is 11.9 Å². The minimum atomic E-state index is -0.460. The summed E-state index contributed by atoms with van der Waals surface area (Å²) in [6.45, 7) is 3.97. The number of rotatable bonds is 0. The van der Waals surface area contributed by atoms with Gasteiger partial charge in [-0.15, -0.1) is 10.2 Å². The topological polar surface area (TPSA) is 89.6 Å². The molecule has 0 bridgehead atoms. The van der Waals surface area contributed by atoms with Crippen LogP contribution in [0.1, 0.15) is 37.1 Å². The Bertz CT molecular complexity index is 903. The SMILES string of the molecule is C[C@]12CCCN1Cc1nnc(=O)c3cc(F)cc4c3c1C2N4.O. The molecule has 4 heterocycles. The van der Waals surface area contributed by atoms with Crippen LogP contribution in [0.3, 0.4) is 0 Å². The molecular weight excluding hydrogens is 299 g/mol. The van der Waals surface area contributed by atoms with E-state index in [1.165, 1.54) is 12.1 Å². The van der Waals surface area contributed by atoms with E-state index in [0.717, 1.165) is 36.0 Å². The zero-order valence-corrected chi connectivity index (χ0v) is 12.7. The number of benzene rings is 1. The minimum absolute atomic E-state index is 0. The Kier molecular flexibility index (Phi) is 2.80. The Hall–Kier alpha value is -2.12. The number of aromatic nitrogens is 2. The van der Waals surface area contributed by atoms with Gasteiger partial charge in [-0.3, -0.25) is 9.69 Å². The molecule has 1 unspecified atom stereocenters. The standard InChI is InChI=1S/C16H15FN4O.H2O/c1-16-3-2-4-21(16)7-11-13-12-9(15(22)20-19-11)5-8(17)6-10(12)18-14(13)16;/h5-6,14,18H,2-4,7H2,1H3;1H2/t14?,16-;/m1./s1. The molecule has 3 aliphatic heterocycles. The van der Waals surface area contributed by atoms with Crippen LogP contribution in [0, 0.1) is 5.82 Å². The molecule has 0 aliphatic carbocycles. The van der Waals surface area contributed by atoms with Crippen molar-refractivity contribution in [2.24, 2.45) is 0 Å². The first-order valence-corrected chi connectivity index (χ1v) is 7.62. The second-order valence-corrected chi connectivity index (χ2v) is 6.70. The number of nitrogens with zero attached hydrogens (tertiary/aromatic N) is 3. The molecule has 5 rings (SSSR count). The molecule has 3 N–H and O–H groups in total. The maximum absolute atomic E-state index is 13.9. The largest absolute Gasteiger partial charge is 0.412 e. The van der Waals surface area contributed by atoms with Crippen molar-refractivity contribution in [3.8, 4) is 0 Å². The predicted octanol–water partition coefficient (Wildman–Crippen LogP) is 1.14. The van der Waals surface area contributed by atoms with Crippen molar-refractivity contribution in [2.45, 2.75) is 37.9 Å². The maximum atomic E-state index is 13.9. The van der Waals surface area contributed by atoms with Crippen LogP contribution in [-0.4, -0.2) is 32.7 Å². The van der Waals surface area contributed by atoms with Gasteiger partial charge in [-0.25, -0.2) is 4.39 Å². The molecule has 120 valence electrons. The number of halogens is 1. The summed E-state index contributed by atoms with van der Waals surface area (Å²) < 4.78 is 13.9. The molecule has 0 radical (unpaired) electrons. The molecule has 0 amide bonds. The van der Waals surface area contributed by atoms with E-state index in [-0.39, 0.29) is 17.1 Å². The van der Waals surface area contributed by atoms with Gasteiger partial charge in [0.2, 0.25) is 0 Å². The fourth-order valence-electron chi connectivity index (χ4n) is 4.47. The van der Waals surface area contributed by atoms with Gasteiger partial charge in [-0.05, 0) is 38.4 Å². The van der Waals surface area contributed by atoms with Gasteiger partial charge < -0.3 is 10.8 Å². The number of hydrogen-bond donors (Lipinski definition) is 1. The van der Waals surface area contributed by atoms with Gasteiger partial charge in [0.1, 0.15) is 5.82 Å². The molecule has 23 heavy (non-hydrogen) atoms. The molecule has 1 aromatic heterocycles. The van der Waals surface area contributed by atoms with Gasteiger partial charge >= 0.3 is 0 Å². The Labute approximate surface area is 131 Å². The first-order chi connectivity index (χ1) is 10.6. The number of fused-ring (bicyclic) bond motifs is 2. The van der Waals surface area contributed by atoms with Crippen molar-refractivity contribution < 1.29 is 9.87 Å². The Balaban J connectivity index is 0.00000135. The lowest BCUT2D eigenvalue weighted by Gasteiger charge is -2.44. The second-order valence-electron chi connectivity index (χ2n) is 6.70. The van der Waals surface area contributed by atoms with E-state index in [9.17, 15) is 9.18 Å². The molecule has 1 aromatic carbocycles. The van der Waals surface area contributed by atoms with Crippen LogP contribution in [0.15, 0.2) is 16.9 Å². The Morgan fingerprint density at radius 3 is 3.04 bits per heavy atom. The average Bonchev–Trinajstić information content (AvgIpc) is 3.00. The van der Waals surface area contributed by atoms with E-state index >= 15 is 0 Å². The molecule has 1 fully saturated rings. The lowest BCUT2D eigenvalue weighted by Crippen LogP contribution is -2.50. The lowest BCUT2D eigenvalue weighted by molar-refractivity contribution is 0.109. The van der Waals surface area contributed by atoms with E-state index in [2.05, 4.69) is 27.3 Å². The van der Waals surface area contributed by atoms with Crippen LogP contribution < -0.4 is 10.9 Å². The number of hydrogen-bond acceptors (Lipinski definition) is 5. The van der Waals surface area contributed by atoms with E-state index in [0.29, 0.717) is 17.6 Å². The zero-order valence-electron chi connectivity index (χ0n) is 12.7. The highest BCUT2D eigenvalue weighted by atomic mass is 19.1. The van der Waals surface area contributed by atoms with Gasteiger partial charge in [0.05, 0.1) is 17.1 Å². The van der Waals surface area contributed by atoms with Crippen molar-refractivity contribution in [3.63, 3.8) is 0 Å². The van der Waals surface area contributed by atoms with E-state index < -0.39 is 11.4 Å². The highest BCUT2D eigenvalue weighted by molar-refractivity contribution is 6.00. The highest BCUT2D eigenvalue weighted by Crippen LogP contribution is 2.52. The third-order valence-electron chi connectivity index (χ3n) is 5.56. The second kappa shape index (κ2) is 4.46. The third kappa shape index (κ3) is 1.66. The predicted molar refractivity (Wildman–Crippen MR) is 83.8 cm³/mol. The third-order valence-corrected chi connectivity index (χ3v) is 5.56. The molecule has 0 spiro atoms. The monoisotopic (exact) mass is 316 g/mol. The van der Waals surface area contributed by atoms with Crippen LogP contribution in [-0.2, 0) is 6.54 Å². The molecule has 6 nitrogen and oxygen atoms in total. The van der Waals surface area contributed by atoms with Crippen LogP contribution in [0.4, 0.5) is 10.1 Å². The molecule has 1 saturated heterocycles. The van der Waals surface area contributed by atoms with Gasteiger partial charge in [0, 0.05) is 28.7 Å². The molecule has 2 atom stereocenters. The lowest BCUT2D eigenvalue weighted by atomic mass is 9.81. The smallest absolute Gasteiger partial charge is 0.296 e. The minimum Gasteiger partial charge on any atom is -0.412 e. The van der Waals surface area contributed by atoms with Gasteiger partial charge in [0.15, 0.2) is 0 Å². The summed E-state index contributed by atoms with van der Waals surface area (Å²) in [6, 6.07) is 2.80. The van der Waals surface area contributed by atoms with E-state index in [4.69, 9.17) is 0 Å². The quantitative estimate of drug-likeness (QED) is 0.787. The first kappa shape index (κ1) is 14.5. The highest BCUT2D eigenvalue weighted by Gasteiger charge is 2.51. The van der Waals surface area contributed by atoms with Crippen molar-refractivity contribution in [1.82, 2.24) is 15.1 Å². The average molecular weight is 316 g/mol. The summed E-state index contributed by atoms with van der Waals surface area (Å²) in [5.41, 5.74) is 2.10. The molecule has 7 heteroatoms. The summed E-state index contributed by atoms with van der Waals surface area (Å²) in [5, 5.41) is 12.6. The summed E-state index contributed by atoms with van der Waals surface area (Å²) in [5.74, 6) is -0.416. The summed E-state index contributed by atoms with van der Waals surface area (Å²) in [4.78, 5) is 14.6. The zero-order chi connectivity index (χ0) is 15.1.